The van der Waals surface area contributed by atoms with Gasteiger partial charge in [-0.2, -0.15) is 0 Å². The van der Waals surface area contributed by atoms with Gasteiger partial charge >= 0.3 is 0 Å². The van der Waals surface area contributed by atoms with Gasteiger partial charge in [0.1, 0.15) is 0 Å². The van der Waals surface area contributed by atoms with Crippen LogP contribution in [0.15, 0.2) is 4.99 Å². The zero-order valence-corrected chi connectivity index (χ0v) is 12.7. The van der Waals surface area contributed by atoms with Crippen molar-refractivity contribution in [1.29, 1.82) is 0 Å². The largest absolute Gasteiger partial charge is 0.340 e. The molecule has 2 amide bonds. The molecule has 6 nitrogen and oxygen atoms in total. The van der Waals surface area contributed by atoms with Crippen molar-refractivity contribution in [2.45, 2.75) is 25.3 Å². The van der Waals surface area contributed by atoms with Crippen molar-refractivity contribution in [3.8, 4) is 0 Å². The molecular weight excluding hydrogens is 276 g/mol. The van der Waals surface area contributed by atoms with Gasteiger partial charge in [-0.15, -0.1) is 0 Å². The third-order valence-electron chi connectivity index (χ3n) is 3.37. The van der Waals surface area contributed by atoms with Gasteiger partial charge in [0, 0.05) is 25.2 Å². The number of amides is 2. The summed E-state index contributed by atoms with van der Waals surface area (Å²) in [5.74, 6) is -1.42. The molecule has 1 saturated carbocycles. The van der Waals surface area contributed by atoms with Crippen LogP contribution in [0.25, 0.3) is 0 Å². The average molecular weight is 297 g/mol. The summed E-state index contributed by atoms with van der Waals surface area (Å²) >= 11 is 5.06. The number of nitrogens with one attached hydrogen (secondary N) is 2. The SMILES string of the molecule is C[NH+](C)CCCN=CC1C(=O)NC(=S)N(C2CC2)C1=O. The van der Waals surface area contributed by atoms with E-state index >= 15 is 0 Å². The minimum atomic E-state index is -0.825. The molecule has 1 aliphatic carbocycles. The summed E-state index contributed by atoms with van der Waals surface area (Å²) in [7, 11) is 4.16. The van der Waals surface area contributed by atoms with Crippen molar-refractivity contribution in [3.63, 3.8) is 0 Å². The molecule has 1 saturated heterocycles. The molecule has 2 aliphatic rings. The molecule has 1 aliphatic heterocycles. The van der Waals surface area contributed by atoms with Gasteiger partial charge in [-0.25, -0.2) is 0 Å². The lowest BCUT2D eigenvalue weighted by Crippen LogP contribution is -3.05. The lowest BCUT2D eigenvalue weighted by Gasteiger charge is -2.30. The number of carbonyl (C=O) groups excluding carboxylic acids is 2. The summed E-state index contributed by atoms with van der Waals surface area (Å²) in [6.45, 7) is 1.65. The number of aliphatic imine (C=N–C) groups is 1. The number of hydrogen-bond acceptors (Lipinski definition) is 4. The van der Waals surface area contributed by atoms with Gasteiger partial charge in [0.15, 0.2) is 11.0 Å². The highest BCUT2D eigenvalue weighted by atomic mass is 32.1. The van der Waals surface area contributed by atoms with Gasteiger partial charge in [-0.1, -0.05) is 0 Å². The van der Waals surface area contributed by atoms with Gasteiger partial charge in [0.25, 0.3) is 0 Å². The first-order chi connectivity index (χ1) is 9.50. The lowest BCUT2D eigenvalue weighted by molar-refractivity contribution is -0.858. The van der Waals surface area contributed by atoms with Crippen LogP contribution in [-0.2, 0) is 9.59 Å². The Morgan fingerprint density at radius 3 is 2.75 bits per heavy atom. The van der Waals surface area contributed by atoms with Crippen molar-refractivity contribution in [1.82, 2.24) is 10.2 Å². The Balaban J connectivity index is 1.92. The maximum Gasteiger partial charge on any atom is 0.247 e. The monoisotopic (exact) mass is 297 g/mol. The van der Waals surface area contributed by atoms with E-state index in [0.29, 0.717) is 6.54 Å². The van der Waals surface area contributed by atoms with Crippen LogP contribution in [0.2, 0.25) is 0 Å². The van der Waals surface area contributed by atoms with E-state index in [1.165, 1.54) is 16.0 Å². The van der Waals surface area contributed by atoms with Gasteiger partial charge in [0.05, 0.1) is 20.6 Å². The topological polar surface area (TPSA) is 66.2 Å². The van der Waals surface area contributed by atoms with E-state index in [9.17, 15) is 9.59 Å². The van der Waals surface area contributed by atoms with Gasteiger partial charge in [-0.05, 0) is 25.1 Å². The number of thiocarbonyl (C=S) groups is 1. The second-order valence-corrected chi connectivity index (χ2v) is 5.96. The third kappa shape index (κ3) is 3.61. The van der Waals surface area contributed by atoms with E-state index in [4.69, 9.17) is 12.2 Å². The molecule has 7 heteroatoms. The fraction of sp³-hybridized carbons (Fsp3) is 0.692. The van der Waals surface area contributed by atoms with Crippen molar-refractivity contribution >= 4 is 35.4 Å². The standard InChI is InChI=1S/C13H20N4O2S/c1-16(2)7-3-6-14-8-10-11(18)15-13(20)17(12(10)19)9-4-5-9/h8-10H,3-7H2,1-2H3,(H,15,18,20)/p+1. The molecule has 110 valence electrons. The highest BCUT2D eigenvalue weighted by Crippen LogP contribution is 2.29. The van der Waals surface area contributed by atoms with Gasteiger partial charge in [0.2, 0.25) is 11.8 Å². The second-order valence-electron chi connectivity index (χ2n) is 5.58. The molecule has 0 bridgehead atoms. The van der Waals surface area contributed by atoms with Crippen LogP contribution >= 0.6 is 12.2 Å². The summed E-state index contributed by atoms with van der Waals surface area (Å²) in [6.07, 6.45) is 4.32. The summed E-state index contributed by atoms with van der Waals surface area (Å²) in [5.41, 5.74) is 0. The Hall–Kier alpha value is -1.34. The van der Waals surface area contributed by atoms with Gasteiger partial charge in [-0.3, -0.25) is 19.5 Å². The van der Waals surface area contributed by atoms with Crippen molar-refractivity contribution in [3.05, 3.63) is 0 Å². The first-order valence-corrected chi connectivity index (χ1v) is 7.38. The molecule has 0 radical (unpaired) electrons. The summed E-state index contributed by atoms with van der Waals surface area (Å²) < 4.78 is 0. The van der Waals surface area contributed by atoms with E-state index in [0.717, 1.165) is 25.8 Å². The quantitative estimate of drug-likeness (QED) is 0.275. The molecule has 2 N–H and O–H groups in total. The zero-order chi connectivity index (χ0) is 14.7. The van der Waals surface area contributed by atoms with E-state index < -0.39 is 5.92 Å². The average Bonchev–Trinajstić information content (AvgIpc) is 3.16. The molecule has 20 heavy (non-hydrogen) atoms. The van der Waals surface area contributed by atoms with Crippen LogP contribution in [0.1, 0.15) is 19.3 Å². The third-order valence-corrected chi connectivity index (χ3v) is 3.66. The number of carbonyl (C=O) groups is 2. The number of quaternary nitrogens is 1. The Morgan fingerprint density at radius 1 is 1.45 bits per heavy atom. The fourth-order valence-electron chi connectivity index (χ4n) is 2.12. The Kier molecular flexibility index (Phi) is 4.82. The molecule has 0 spiro atoms. The summed E-state index contributed by atoms with van der Waals surface area (Å²) in [6, 6.07) is 0.170. The highest BCUT2D eigenvalue weighted by Gasteiger charge is 2.44. The van der Waals surface area contributed by atoms with Crippen LogP contribution in [0.5, 0.6) is 0 Å². The minimum Gasteiger partial charge on any atom is -0.340 e. The Morgan fingerprint density at radius 2 is 2.15 bits per heavy atom. The van der Waals surface area contributed by atoms with Gasteiger partial charge < -0.3 is 10.2 Å². The molecule has 2 fully saturated rings. The predicted octanol–water partition coefficient (Wildman–Crippen LogP) is -1.39. The molecule has 1 unspecified atom stereocenters. The van der Waals surface area contributed by atoms with Crippen LogP contribution in [-0.4, -0.2) is 61.3 Å². The number of hydrogen-bond donors (Lipinski definition) is 2. The van der Waals surface area contributed by atoms with Crippen LogP contribution in [0.4, 0.5) is 0 Å². The molecule has 0 aromatic rings. The van der Waals surface area contributed by atoms with E-state index in [2.05, 4.69) is 24.4 Å². The van der Waals surface area contributed by atoms with Crippen LogP contribution in [0, 0.1) is 5.92 Å². The molecule has 1 heterocycles. The van der Waals surface area contributed by atoms with Crippen LogP contribution < -0.4 is 10.2 Å². The highest BCUT2D eigenvalue weighted by molar-refractivity contribution is 7.80. The zero-order valence-electron chi connectivity index (χ0n) is 11.9. The Labute approximate surface area is 124 Å². The number of rotatable bonds is 6. The minimum absolute atomic E-state index is 0.170. The first-order valence-electron chi connectivity index (χ1n) is 6.97. The maximum absolute atomic E-state index is 12.3. The normalized spacial score (nSPS) is 23.9. The molecule has 1 atom stereocenters. The predicted molar refractivity (Wildman–Crippen MR) is 79.8 cm³/mol. The van der Waals surface area contributed by atoms with E-state index in [1.54, 1.807) is 0 Å². The molecular formula is C13H21N4O2S+. The summed E-state index contributed by atoms with van der Waals surface area (Å²) in [5, 5.41) is 2.83. The molecule has 2 rings (SSSR count). The van der Waals surface area contributed by atoms with E-state index in [-0.39, 0.29) is 23.0 Å². The van der Waals surface area contributed by atoms with Crippen molar-refractivity contribution in [2.75, 3.05) is 27.2 Å². The summed E-state index contributed by atoms with van der Waals surface area (Å²) in [4.78, 5) is 31.2. The number of nitrogens with zero attached hydrogens (tertiary/aromatic N) is 2. The fourth-order valence-corrected chi connectivity index (χ4v) is 2.46. The second kappa shape index (κ2) is 6.41. The molecule has 0 aromatic carbocycles. The Bertz CT molecular complexity index is 446. The first kappa shape index (κ1) is 15.1. The maximum atomic E-state index is 12.3. The molecule has 0 aromatic heterocycles. The smallest absolute Gasteiger partial charge is 0.247 e. The van der Waals surface area contributed by atoms with Crippen LogP contribution in [0.3, 0.4) is 0 Å². The van der Waals surface area contributed by atoms with Crippen molar-refractivity contribution in [2.24, 2.45) is 10.9 Å². The lowest BCUT2D eigenvalue weighted by atomic mass is 10.1. The van der Waals surface area contributed by atoms with Crippen molar-refractivity contribution < 1.29 is 14.5 Å². The van der Waals surface area contributed by atoms with E-state index in [1.807, 2.05) is 0 Å².